The van der Waals surface area contributed by atoms with Crippen molar-refractivity contribution in [1.29, 1.82) is 0 Å². The molecule has 0 atom stereocenters. The molecule has 8 heteroatoms. The highest BCUT2D eigenvalue weighted by Crippen LogP contribution is 2.33. The van der Waals surface area contributed by atoms with Gasteiger partial charge in [0.1, 0.15) is 17.9 Å². The van der Waals surface area contributed by atoms with Gasteiger partial charge in [-0.2, -0.15) is 0 Å². The van der Waals surface area contributed by atoms with E-state index in [0.717, 1.165) is 11.1 Å². The Morgan fingerprint density at radius 1 is 1.13 bits per heavy atom. The van der Waals surface area contributed by atoms with E-state index in [1.54, 1.807) is 26.2 Å². The first-order chi connectivity index (χ1) is 14.7. The Hall–Kier alpha value is -2.48. The third kappa shape index (κ3) is 5.06. The molecule has 1 saturated heterocycles. The summed E-state index contributed by atoms with van der Waals surface area (Å²) in [6, 6.07) is 11.1. The van der Waals surface area contributed by atoms with Gasteiger partial charge in [0, 0.05) is 19.1 Å². The Bertz CT molecular complexity index is 1070. The van der Waals surface area contributed by atoms with Crippen LogP contribution in [-0.4, -0.2) is 40.8 Å². The molecule has 0 saturated carbocycles. The molecule has 0 aliphatic carbocycles. The van der Waals surface area contributed by atoms with Crippen LogP contribution in [0.25, 0.3) is 6.08 Å². The SMILES string of the molecule is C=CCc1cc(C=C2C(=O)N(C)C(=S)N(C)C2=O)cc(Br)c1OCc1ccc(Cl)cc1. The summed E-state index contributed by atoms with van der Waals surface area (Å²) in [4.78, 5) is 27.8. The van der Waals surface area contributed by atoms with Crippen LogP contribution in [0, 0.1) is 0 Å². The van der Waals surface area contributed by atoms with E-state index in [0.29, 0.717) is 33.8 Å². The van der Waals surface area contributed by atoms with Crippen molar-refractivity contribution in [2.45, 2.75) is 13.0 Å². The van der Waals surface area contributed by atoms with E-state index >= 15 is 0 Å². The summed E-state index contributed by atoms with van der Waals surface area (Å²) < 4.78 is 6.76. The van der Waals surface area contributed by atoms with E-state index in [9.17, 15) is 9.59 Å². The topological polar surface area (TPSA) is 49.9 Å². The number of thiocarbonyl (C=S) groups is 1. The Balaban J connectivity index is 1.94. The lowest BCUT2D eigenvalue weighted by atomic mass is 10.0. The molecule has 2 aromatic carbocycles. The Morgan fingerprint density at radius 2 is 1.74 bits per heavy atom. The number of carbonyl (C=O) groups excluding carboxylic acids is 2. The number of halogens is 2. The van der Waals surface area contributed by atoms with Crippen molar-refractivity contribution in [2.75, 3.05) is 14.1 Å². The summed E-state index contributed by atoms with van der Waals surface area (Å²) in [6.07, 6.45) is 3.89. The Labute approximate surface area is 200 Å². The first-order valence-corrected chi connectivity index (χ1v) is 10.9. The van der Waals surface area contributed by atoms with Crippen molar-refractivity contribution in [1.82, 2.24) is 9.80 Å². The molecule has 0 spiro atoms. The lowest BCUT2D eigenvalue weighted by Gasteiger charge is -2.31. The third-order valence-corrected chi connectivity index (χ3v) is 6.15. The Morgan fingerprint density at radius 3 is 2.32 bits per heavy atom. The van der Waals surface area contributed by atoms with Gasteiger partial charge in [0.25, 0.3) is 11.8 Å². The summed E-state index contributed by atoms with van der Waals surface area (Å²) in [7, 11) is 3.10. The minimum atomic E-state index is -0.433. The summed E-state index contributed by atoms with van der Waals surface area (Å²) in [5, 5.41) is 0.838. The maximum Gasteiger partial charge on any atom is 0.265 e. The quantitative estimate of drug-likeness (QED) is 0.233. The van der Waals surface area contributed by atoms with Crippen molar-refractivity contribution in [3.8, 4) is 5.75 Å². The molecule has 0 N–H and O–H groups in total. The van der Waals surface area contributed by atoms with Crippen molar-refractivity contribution < 1.29 is 14.3 Å². The fourth-order valence-electron chi connectivity index (χ4n) is 3.10. The monoisotopic (exact) mass is 518 g/mol. The average Bonchev–Trinajstić information content (AvgIpc) is 2.75. The van der Waals surface area contributed by atoms with Gasteiger partial charge in [-0.15, -0.1) is 6.58 Å². The summed E-state index contributed by atoms with van der Waals surface area (Å²) >= 11 is 14.6. The normalized spacial score (nSPS) is 14.2. The number of ether oxygens (including phenoxy) is 1. The van der Waals surface area contributed by atoms with Gasteiger partial charge >= 0.3 is 0 Å². The zero-order valence-electron chi connectivity index (χ0n) is 17.0. The number of nitrogens with zero attached hydrogens (tertiary/aromatic N) is 2. The van der Waals surface area contributed by atoms with Crippen LogP contribution in [0.1, 0.15) is 16.7 Å². The maximum absolute atomic E-state index is 12.6. The summed E-state index contributed by atoms with van der Waals surface area (Å²) in [5.74, 6) is -0.191. The van der Waals surface area contributed by atoms with Crippen LogP contribution in [0.5, 0.6) is 5.75 Å². The molecule has 1 aliphatic heterocycles. The second-order valence-electron chi connectivity index (χ2n) is 6.97. The average molecular weight is 520 g/mol. The molecule has 1 fully saturated rings. The van der Waals surface area contributed by atoms with Crippen LogP contribution in [0.15, 0.2) is 59.1 Å². The largest absolute Gasteiger partial charge is 0.487 e. The van der Waals surface area contributed by atoms with E-state index < -0.39 is 11.8 Å². The number of amides is 2. The third-order valence-electron chi connectivity index (χ3n) is 4.76. The molecule has 2 amide bonds. The number of carbonyl (C=O) groups is 2. The van der Waals surface area contributed by atoms with Crippen LogP contribution < -0.4 is 4.74 Å². The molecular formula is C23H20BrClN2O3S. The molecule has 5 nitrogen and oxygen atoms in total. The molecule has 3 rings (SSSR count). The van der Waals surface area contributed by atoms with Crippen molar-refractivity contribution in [3.05, 3.63) is 80.8 Å². The standard InChI is InChI=1S/C23H20BrClN2O3S/c1-4-5-16-10-15(11-18-21(28)26(2)23(31)27(3)22(18)29)12-19(24)20(16)30-13-14-6-8-17(25)9-7-14/h4,6-12H,1,5,13H2,2-3H3. The predicted octanol–water partition coefficient (Wildman–Crippen LogP) is 5.01. The number of benzene rings is 2. The molecule has 2 aromatic rings. The predicted molar refractivity (Wildman–Crippen MR) is 130 cm³/mol. The molecule has 1 aliphatic rings. The number of hydrogen-bond acceptors (Lipinski definition) is 4. The zero-order chi connectivity index (χ0) is 22.7. The van der Waals surface area contributed by atoms with Gasteiger partial charge in [-0.25, -0.2) is 0 Å². The molecule has 31 heavy (non-hydrogen) atoms. The van der Waals surface area contributed by atoms with Crippen LogP contribution in [0.2, 0.25) is 5.02 Å². The van der Waals surface area contributed by atoms with Gasteiger partial charge in [-0.3, -0.25) is 19.4 Å². The minimum Gasteiger partial charge on any atom is -0.487 e. The van der Waals surface area contributed by atoms with Gasteiger partial charge in [-0.1, -0.05) is 29.8 Å². The van der Waals surface area contributed by atoms with Gasteiger partial charge in [-0.05, 0) is 81.6 Å². The van der Waals surface area contributed by atoms with E-state index in [1.165, 1.54) is 9.80 Å². The number of rotatable bonds is 6. The minimum absolute atomic E-state index is 0.0462. The van der Waals surface area contributed by atoms with E-state index in [4.69, 9.17) is 28.6 Å². The van der Waals surface area contributed by atoms with Crippen molar-refractivity contribution >= 4 is 62.8 Å². The molecule has 0 unspecified atom stereocenters. The molecule has 0 radical (unpaired) electrons. The van der Waals surface area contributed by atoms with Gasteiger partial charge in [0.05, 0.1) is 4.47 Å². The van der Waals surface area contributed by atoms with Crippen LogP contribution in [0.3, 0.4) is 0 Å². The molecule has 0 aromatic heterocycles. The summed E-state index contributed by atoms with van der Waals surface area (Å²) in [6.45, 7) is 4.18. The van der Waals surface area contributed by atoms with Crippen LogP contribution >= 0.6 is 39.7 Å². The number of likely N-dealkylation sites (N-methyl/N-ethyl adjacent to an activating group) is 2. The highest BCUT2D eigenvalue weighted by Gasteiger charge is 2.35. The Kier molecular flexibility index (Phi) is 7.30. The second-order valence-corrected chi connectivity index (χ2v) is 8.62. The molecular weight excluding hydrogens is 500 g/mol. The summed E-state index contributed by atoms with van der Waals surface area (Å²) in [5.41, 5.74) is 2.59. The van der Waals surface area contributed by atoms with Crippen LogP contribution in [-0.2, 0) is 22.6 Å². The lowest BCUT2D eigenvalue weighted by molar-refractivity contribution is -0.132. The number of hydrogen-bond donors (Lipinski definition) is 0. The fourth-order valence-corrected chi connectivity index (χ4v) is 4.03. The van der Waals surface area contributed by atoms with Crippen LogP contribution in [0.4, 0.5) is 0 Å². The van der Waals surface area contributed by atoms with Crippen molar-refractivity contribution in [2.24, 2.45) is 0 Å². The smallest absolute Gasteiger partial charge is 0.265 e. The molecule has 160 valence electrons. The van der Waals surface area contributed by atoms with E-state index in [-0.39, 0.29) is 10.7 Å². The van der Waals surface area contributed by atoms with E-state index in [2.05, 4.69) is 22.5 Å². The second kappa shape index (κ2) is 9.77. The van der Waals surface area contributed by atoms with Gasteiger partial charge < -0.3 is 4.74 Å². The molecule has 0 bridgehead atoms. The van der Waals surface area contributed by atoms with Gasteiger partial charge in [0.15, 0.2) is 5.11 Å². The molecule has 1 heterocycles. The number of allylic oxidation sites excluding steroid dienone is 1. The first-order valence-electron chi connectivity index (χ1n) is 9.35. The lowest BCUT2D eigenvalue weighted by Crippen LogP contribution is -2.52. The zero-order valence-corrected chi connectivity index (χ0v) is 20.2. The van der Waals surface area contributed by atoms with E-state index in [1.807, 2.05) is 36.4 Å². The maximum atomic E-state index is 12.6. The van der Waals surface area contributed by atoms with Gasteiger partial charge in [0.2, 0.25) is 0 Å². The fraction of sp³-hybridized carbons (Fsp3) is 0.174. The highest BCUT2D eigenvalue weighted by molar-refractivity contribution is 9.10. The van der Waals surface area contributed by atoms with Crippen molar-refractivity contribution in [3.63, 3.8) is 0 Å². The first kappa shape index (κ1) is 23.2. The highest BCUT2D eigenvalue weighted by atomic mass is 79.9.